The SMILES string of the molecule is O=C(O)c1cc(NC(=O)c2ccco2)cc(Oc2ccc3c(c2)C[C@@H](NC[C@H](O)c2cccnc2)CC3)c1. The number of carbonyl (C=O) groups excluding carboxylic acids is 1. The van der Waals surface area contributed by atoms with E-state index in [1.54, 1.807) is 30.6 Å². The van der Waals surface area contributed by atoms with Gasteiger partial charge in [0.2, 0.25) is 0 Å². The van der Waals surface area contributed by atoms with Gasteiger partial charge in [0.1, 0.15) is 11.5 Å². The van der Waals surface area contributed by atoms with E-state index in [1.165, 1.54) is 30.0 Å². The Morgan fingerprint density at radius 1 is 1.08 bits per heavy atom. The fourth-order valence-electron chi connectivity index (χ4n) is 4.53. The summed E-state index contributed by atoms with van der Waals surface area (Å²) in [5.41, 5.74) is 3.38. The van der Waals surface area contributed by atoms with Crippen molar-refractivity contribution >= 4 is 17.6 Å². The molecule has 4 N–H and O–H groups in total. The Morgan fingerprint density at radius 2 is 1.97 bits per heavy atom. The van der Waals surface area contributed by atoms with E-state index < -0.39 is 18.0 Å². The van der Waals surface area contributed by atoms with Crippen LogP contribution in [0.5, 0.6) is 11.5 Å². The molecule has 2 aromatic heterocycles. The predicted octanol–water partition coefficient (Wildman–Crippen LogP) is 4.60. The molecule has 0 saturated carbocycles. The number of benzene rings is 2. The smallest absolute Gasteiger partial charge is 0.335 e. The molecule has 0 spiro atoms. The second-order valence-electron chi connectivity index (χ2n) is 9.17. The molecule has 9 heteroatoms. The number of amides is 1. The van der Waals surface area contributed by atoms with Gasteiger partial charge in [0, 0.05) is 42.3 Å². The van der Waals surface area contributed by atoms with E-state index >= 15 is 0 Å². The van der Waals surface area contributed by atoms with Gasteiger partial charge < -0.3 is 30.0 Å². The molecule has 0 aliphatic heterocycles. The Balaban J connectivity index is 1.27. The molecule has 1 amide bonds. The number of aliphatic hydroxyl groups excluding tert-OH is 1. The summed E-state index contributed by atoms with van der Waals surface area (Å²) in [4.78, 5) is 28.1. The van der Waals surface area contributed by atoms with Crippen molar-refractivity contribution in [2.45, 2.75) is 31.4 Å². The lowest BCUT2D eigenvalue weighted by Crippen LogP contribution is -2.37. The third-order valence-corrected chi connectivity index (χ3v) is 6.47. The van der Waals surface area contributed by atoms with Crippen LogP contribution < -0.4 is 15.4 Å². The van der Waals surface area contributed by atoms with Crippen molar-refractivity contribution in [2.75, 3.05) is 11.9 Å². The Hall–Kier alpha value is -4.47. The third-order valence-electron chi connectivity index (χ3n) is 6.47. The number of furan rings is 1. The largest absolute Gasteiger partial charge is 0.478 e. The molecule has 0 radical (unpaired) electrons. The lowest BCUT2D eigenvalue weighted by atomic mass is 9.88. The molecule has 0 bridgehead atoms. The number of pyridine rings is 1. The third kappa shape index (κ3) is 6.08. The molecule has 2 heterocycles. The lowest BCUT2D eigenvalue weighted by Gasteiger charge is -2.27. The molecule has 194 valence electrons. The van der Waals surface area contributed by atoms with Gasteiger partial charge in [0.15, 0.2) is 5.76 Å². The molecule has 38 heavy (non-hydrogen) atoms. The van der Waals surface area contributed by atoms with Crippen LogP contribution in [0.3, 0.4) is 0 Å². The first-order chi connectivity index (χ1) is 18.4. The van der Waals surface area contributed by atoms with Crippen LogP contribution in [0.1, 0.15) is 50.1 Å². The maximum atomic E-state index is 12.4. The van der Waals surface area contributed by atoms with Gasteiger partial charge in [-0.3, -0.25) is 9.78 Å². The molecule has 0 unspecified atom stereocenters. The number of carboxylic acids is 1. The summed E-state index contributed by atoms with van der Waals surface area (Å²) in [6.45, 7) is 0.427. The average molecular weight is 514 g/mol. The van der Waals surface area contributed by atoms with E-state index in [2.05, 4.69) is 15.6 Å². The number of carbonyl (C=O) groups is 2. The van der Waals surface area contributed by atoms with Crippen molar-refractivity contribution in [1.82, 2.24) is 10.3 Å². The van der Waals surface area contributed by atoms with Gasteiger partial charge in [-0.2, -0.15) is 0 Å². The summed E-state index contributed by atoms with van der Waals surface area (Å²) in [7, 11) is 0. The highest BCUT2D eigenvalue weighted by molar-refractivity contribution is 6.03. The zero-order valence-corrected chi connectivity index (χ0v) is 20.5. The van der Waals surface area contributed by atoms with E-state index in [9.17, 15) is 19.8 Å². The number of carboxylic acid groups (broad SMARTS) is 1. The van der Waals surface area contributed by atoms with Crippen molar-refractivity contribution in [1.29, 1.82) is 0 Å². The molecule has 9 nitrogen and oxygen atoms in total. The molecule has 4 aromatic rings. The van der Waals surface area contributed by atoms with E-state index in [0.29, 0.717) is 12.3 Å². The first-order valence-corrected chi connectivity index (χ1v) is 12.3. The molecule has 2 atom stereocenters. The van der Waals surface area contributed by atoms with Crippen LogP contribution in [-0.2, 0) is 12.8 Å². The topological polar surface area (TPSA) is 134 Å². The van der Waals surface area contributed by atoms with Crippen LogP contribution in [-0.4, -0.2) is 39.7 Å². The van der Waals surface area contributed by atoms with Gasteiger partial charge in [0.25, 0.3) is 5.91 Å². The minimum atomic E-state index is -1.14. The van der Waals surface area contributed by atoms with Crippen molar-refractivity contribution in [3.05, 3.63) is 107 Å². The number of aryl methyl sites for hydroxylation is 1. The number of nitrogens with zero attached hydrogens (tertiary/aromatic N) is 1. The fraction of sp³-hybridized carbons (Fsp3) is 0.207. The van der Waals surface area contributed by atoms with Crippen molar-refractivity contribution in [2.24, 2.45) is 0 Å². The molecule has 2 aromatic carbocycles. The maximum Gasteiger partial charge on any atom is 0.335 e. The van der Waals surface area contributed by atoms with Crippen LogP contribution in [0.2, 0.25) is 0 Å². The Bertz CT molecular complexity index is 1420. The van der Waals surface area contributed by atoms with Crippen LogP contribution >= 0.6 is 0 Å². The standard InChI is InChI=1S/C29H27N3O6/c33-26(19-3-1-9-30-16-19)17-31-22-7-5-18-6-8-24(13-20(18)11-22)38-25-14-21(29(35)36)12-23(15-25)32-28(34)27-4-2-10-37-27/h1-4,6,8-10,12-16,22,26,31,33H,5,7,11,17H2,(H,32,34)(H,35,36)/t22-,26-/m0/s1. The average Bonchev–Trinajstić information content (AvgIpc) is 3.47. The summed E-state index contributed by atoms with van der Waals surface area (Å²) < 4.78 is 11.1. The van der Waals surface area contributed by atoms with Crippen LogP contribution in [0.15, 0.2) is 83.7 Å². The van der Waals surface area contributed by atoms with Gasteiger partial charge in [0.05, 0.1) is 17.9 Å². The maximum absolute atomic E-state index is 12.4. The number of nitrogens with one attached hydrogen (secondary N) is 2. The number of hydrogen-bond donors (Lipinski definition) is 4. The van der Waals surface area contributed by atoms with Crippen LogP contribution in [0.4, 0.5) is 5.69 Å². The quantitative estimate of drug-likeness (QED) is 0.255. The highest BCUT2D eigenvalue weighted by atomic mass is 16.5. The minimum Gasteiger partial charge on any atom is -0.478 e. The molecule has 1 aliphatic carbocycles. The van der Waals surface area contributed by atoms with Crippen molar-refractivity contribution in [3.63, 3.8) is 0 Å². The summed E-state index contributed by atoms with van der Waals surface area (Å²) >= 11 is 0. The van der Waals surface area contributed by atoms with Crippen LogP contribution in [0, 0.1) is 0 Å². The number of anilines is 1. The summed E-state index contributed by atoms with van der Waals surface area (Å²) in [6.07, 6.45) is 6.71. The van der Waals surface area contributed by atoms with E-state index in [1.807, 2.05) is 24.3 Å². The van der Waals surface area contributed by atoms with Crippen molar-refractivity contribution < 1.29 is 29.0 Å². The number of rotatable bonds is 9. The molecular weight excluding hydrogens is 486 g/mol. The van der Waals surface area contributed by atoms with E-state index in [0.717, 1.165) is 30.4 Å². The first kappa shape index (κ1) is 25.2. The van der Waals surface area contributed by atoms with Crippen molar-refractivity contribution in [3.8, 4) is 11.5 Å². The Kier molecular flexibility index (Phi) is 7.48. The highest BCUT2D eigenvalue weighted by Gasteiger charge is 2.21. The molecule has 0 saturated heterocycles. The molecule has 5 rings (SSSR count). The fourth-order valence-corrected chi connectivity index (χ4v) is 4.53. The number of hydrogen-bond acceptors (Lipinski definition) is 7. The zero-order chi connectivity index (χ0) is 26.5. The second kappa shape index (κ2) is 11.3. The van der Waals surface area contributed by atoms with Gasteiger partial charge in [-0.15, -0.1) is 0 Å². The number of fused-ring (bicyclic) bond motifs is 1. The molecule has 0 fully saturated rings. The minimum absolute atomic E-state index is 0.0216. The Labute approximate surface area is 219 Å². The number of aliphatic hydroxyl groups is 1. The van der Waals surface area contributed by atoms with Gasteiger partial charge in [-0.1, -0.05) is 12.1 Å². The number of aromatic nitrogens is 1. The highest BCUT2D eigenvalue weighted by Crippen LogP contribution is 2.31. The lowest BCUT2D eigenvalue weighted by molar-refractivity contribution is 0.0696. The first-order valence-electron chi connectivity index (χ1n) is 12.3. The summed E-state index contributed by atoms with van der Waals surface area (Å²) in [5.74, 6) is -0.685. The normalized spacial score (nSPS) is 15.3. The Morgan fingerprint density at radius 3 is 2.74 bits per heavy atom. The molecule has 1 aliphatic rings. The van der Waals surface area contributed by atoms with Gasteiger partial charge >= 0.3 is 5.97 Å². The van der Waals surface area contributed by atoms with Gasteiger partial charge in [-0.25, -0.2) is 4.79 Å². The molecular formula is C29H27N3O6. The summed E-state index contributed by atoms with van der Waals surface area (Å²) in [6, 6.07) is 17.1. The number of ether oxygens (including phenoxy) is 1. The predicted molar refractivity (Wildman–Crippen MR) is 140 cm³/mol. The van der Waals surface area contributed by atoms with Gasteiger partial charge in [-0.05, 0) is 72.9 Å². The van der Waals surface area contributed by atoms with Crippen LogP contribution in [0.25, 0.3) is 0 Å². The van der Waals surface area contributed by atoms with E-state index in [-0.39, 0.29) is 28.8 Å². The zero-order valence-electron chi connectivity index (χ0n) is 20.5. The van der Waals surface area contributed by atoms with E-state index in [4.69, 9.17) is 9.15 Å². The summed E-state index contributed by atoms with van der Waals surface area (Å²) in [5, 5.41) is 26.1. The second-order valence-corrected chi connectivity index (χ2v) is 9.17. The monoisotopic (exact) mass is 513 g/mol. The number of aromatic carboxylic acids is 1.